The van der Waals surface area contributed by atoms with Gasteiger partial charge in [-0.3, -0.25) is 14.6 Å². The first kappa shape index (κ1) is 15.0. The second-order valence-electron chi connectivity index (χ2n) is 6.46. The average Bonchev–Trinajstić information content (AvgIpc) is 2.78. The second-order valence-corrected chi connectivity index (χ2v) is 6.46. The maximum absolute atomic E-state index is 12.2. The summed E-state index contributed by atoms with van der Waals surface area (Å²) in [6.45, 7) is 3.34. The summed E-state index contributed by atoms with van der Waals surface area (Å²) < 4.78 is 5.13. The molecule has 6 nitrogen and oxygen atoms in total. The van der Waals surface area contributed by atoms with Gasteiger partial charge < -0.3 is 15.0 Å². The number of hydrogen-bond donors (Lipinski definition) is 1. The van der Waals surface area contributed by atoms with Crippen molar-refractivity contribution in [3.05, 3.63) is 30.1 Å². The fourth-order valence-corrected chi connectivity index (χ4v) is 3.17. The minimum atomic E-state index is -0.416. The topological polar surface area (TPSA) is 71.5 Å². The Morgan fingerprint density at radius 3 is 2.73 bits per heavy atom. The lowest BCUT2D eigenvalue weighted by molar-refractivity contribution is -0.157. The van der Waals surface area contributed by atoms with Crippen LogP contribution in [0.3, 0.4) is 0 Å². The molecule has 0 aliphatic carbocycles. The van der Waals surface area contributed by atoms with Crippen LogP contribution >= 0.6 is 0 Å². The minimum absolute atomic E-state index is 0.00855. The maximum atomic E-state index is 12.2. The van der Waals surface area contributed by atoms with Gasteiger partial charge in [0.15, 0.2) is 0 Å². The van der Waals surface area contributed by atoms with Crippen molar-refractivity contribution in [3.63, 3.8) is 0 Å². The second kappa shape index (κ2) is 5.68. The van der Waals surface area contributed by atoms with E-state index >= 15 is 0 Å². The van der Waals surface area contributed by atoms with E-state index < -0.39 is 5.41 Å². The summed E-state index contributed by atoms with van der Waals surface area (Å²) in [4.78, 5) is 30.1. The largest absolute Gasteiger partial charge is 0.379 e. The first-order valence-electron chi connectivity index (χ1n) is 7.53. The van der Waals surface area contributed by atoms with Crippen molar-refractivity contribution in [2.24, 2.45) is 11.3 Å². The van der Waals surface area contributed by atoms with Crippen LogP contribution in [0.25, 0.3) is 0 Å². The van der Waals surface area contributed by atoms with E-state index in [1.54, 1.807) is 17.3 Å². The molecule has 1 aromatic rings. The highest BCUT2D eigenvalue weighted by molar-refractivity contribution is 5.83. The van der Waals surface area contributed by atoms with Gasteiger partial charge in [-0.05, 0) is 24.6 Å². The molecule has 2 saturated heterocycles. The zero-order valence-electron chi connectivity index (χ0n) is 12.9. The summed E-state index contributed by atoms with van der Waals surface area (Å²) in [5.74, 6) is 0.196. The average molecular weight is 303 g/mol. The molecule has 3 heterocycles. The lowest BCUT2D eigenvalue weighted by atomic mass is 9.87. The molecule has 2 amide bonds. The van der Waals surface area contributed by atoms with Crippen LogP contribution in [0.1, 0.15) is 24.9 Å². The van der Waals surface area contributed by atoms with Gasteiger partial charge in [0.25, 0.3) is 0 Å². The quantitative estimate of drug-likeness (QED) is 0.891. The van der Waals surface area contributed by atoms with Crippen LogP contribution in [0.15, 0.2) is 24.5 Å². The maximum Gasteiger partial charge on any atom is 0.230 e. The molecule has 2 aliphatic rings. The van der Waals surface area contributed by atoms with Gasteiger partial charge in [0.05, 0.1) is 24.7 Å². The lowest BCUT2D eigenvalue weighted by Gasteiger charge is -2.36. The Kier molecular flexibility index (Phi) is 3.87. The molecule has 0 spiro atoms. The number of rotatable bonds is 4. The summed E-state index contributed by atoms with van der Waals surface area (Å²) in [6, 6.07) is 3.84. The number of pyridine rings is 1. The van der Waals surface area contributed by atoms with Gasteiger partial charge in [-0.25, -0.2) is 0 Å². The SMILES string of the molecule is CN1C(=O)C[C@@H](CNC(=O)C2(C)COC2)[C@@H]1c1ccncc1. The molecule has 0 bridgehead atoms. The zero-order chi connectivity index (χ0) is 15.7. The number of carbonyl (C=O) groups excluding carboxylic acids is 2. The number of nitrogens with zero attached hydrogens (tertiary/aromatic N) is 2. The van der Waals surface area contributed by atoms with Crippen molar-refractivity contribution in [3.8, 4) is 0 Å². The molecule has 0 aromatic carbocycles. The Balaban J connectivity index is 1.69. The van der Waals surface area contributed by atoms with Crippen LogP contribution in [0.5, 0.6) is 0 Å². The van der Waals surface area contributed by atoms with Gasteiger partial charge in [0, 0.05) is 38.3 Å². The van der Waals surface area contributed by atoms with Crippen molar-refractivity contribution in [1.29, 1.82) is 0 Å². The molecule has 2 atom stereocenters. The van der Waals surface area contributed by atoms with E-state index in [0.29, 0.717) is 26.2 Å². The van der Waals surface area contributed by atoms with Crippen LogP contribution in [-0.4, -0.2) is 48.5 Å². The smallest absolute Gasteiger partial charge is 0.230 e. The van der Waals surface area contributed by atoms with Crippen LogP contribution in [0.4, 0.5) is 0 Å². The molecule has 118 valence electrons. The van der Waals surface area contributed by atoms with Crippen molar-refractivity contribution in [1.82, 2.24) is 15.2 Å². The number of nitrogens with one attached hydrogen (secondary N) is 1. The van der Waals surface area contributed by atoms with Gasteiger partial charge in [-0.15, -0.1) is 0 Å². The molecule has 6 heteroatoms. The Labute approximate surface area is 129 Å². The monoisotopic (exact) mass is 303 g/mol. The molecule has 22 heavy (non-hydrogen) atoms. The fraction of sp³-hybridized carbons (Fsp3) is 0.562. The van der Waals surface area contributed by atoms with Crippen molar-refractivity contribution < 1.29 is 14.3 Å². The highest BCUT2D eigenvalue weighted by Gasteiger charge is 2.43. The van der Waals surface area contributed by atoms with Gasteiger partial charge >= 0.3 is 0 Å². The van der Waals surface area contributed by atoms with Crippen LogP contribution in [-0.2, 0) is 14.3 Å². The first-order chi connectivity index (χ1) is 10.5. The van der Waals surface area contributed by atoms with Crippen LogP contribution in [0.2, 0.25) is 0 Å². The zero-order valence-corrected chi connectivity index (χ0v) is 12.9. The highest BCUT2D eigenvalue weighted by Crippen LogP contribution is 2.36. The van der Waals surface area contributed by atoms with E-state index in [1.807, 2.05) is 26.1 Å². The minimum Gasteiger partial charge on any atom is -0.379 e. The normalized spacial score (nSPS) is 26.6. The lowest BCUT2D eigenvalue weighted by Crippen LogP contribution is -2.52. The summed E-state index contributed by atoms with van der Waals surface area (Å²) in [5, 5.41) is 2.99. The number of amides is 2. The summed E-state index contributed by atoms with van der Waals surface area (Å²) >= 11 is 0. The molecule has 1 N–H and O–H groups in total. The molecule has 1 aromatic heterocycles. The van der Waals surface area contributed by atoms with Crippen LogP contribution < -0.4 is 5.32 Å². The van der Waals surface area contributed by atoms with Crippen molar-refractivity contribution in [2.45, 2.75) is 19.4 Å². The van der Waals surface area contributed by atoms with Gasteiger partial charge in [0.1, 0.15) is 0 Å². The van der Waals surface area contributed by atoms with Gasteiger partial charge in [-0.1, -0.05) is 0 Å². The van der Waals surface area contributed by atoms with Crippen LogP contribution in [0, 0.1) is 11.3 Å². The van der Waals surface area contributed by atoms with E-state index in [2.05, 4.69) is 10.3 Å². The third-order valence-corrected chi connectivity index (χ3v) is 4.66. The number of ether oxygens (including phenoxy) is 1. The number of hydrogen-bond acceptors (Lipinski definition) is 4. The molecule has 2 aliphatic heterocycles. The summed E-state index contributed by atoms with van der Waals surface area (Å²) in [5.41, 5.74) is 0.640. The molecule has 3 rings (SSSR count). The van der Waals surface area contributed by atoms with Gasteiger partial charge in [-0.2, -0.15) is 0 Å². The fourth-order valence-electron chi connectivity index (χ4n) is 3.17. The van der Waals surface area contributed by atoms with E-state index in [0.717, 1.165) is 5.56 Å². The van der Waals surface area contributed by atoms with Crippen molar-refractivity contribution >= 4 is 11.8 Å². The number of aromatic nitrogens is 1. The van der Waals surface area contributed by atoms with E-state index in [-0.39, 0.29) is 23.8 Å². The molecule has 0 saturated carbocycles. The van der Waals surface area contributed by atoms with E-state index in [1.165, 1.54) is 0 Å². The number of carbonyl (C=O) groups is 2. The number of likely N-dealkylation sites (tertiary alicyclic amines) is 1. The Hall–Kier alpha value is -1.95. The predicted molar refractivity (Wildman–Crippen MR) is 79.8 cm³/mol. The first-order valence-corrected chi connectivity index (χ1v) is 7.53. The Morgan fingerprint density at radius 1 is 1.45 bits per heavy atom. The predicted octanol–water partition coefficient (Wildman–Crippen LogP) is 0.754. The standard InChI is InChI=1S/C16H21N3O3/c1-16(9-22-10-16)15(21)18-8-12-7-13(20)19(2)14(12)11-3-5-17-6-4-11/h3-6,12,14H,7-10H2,1-2H3,(H,18,21)/t12-,14-/m0/s1. The van der Waals surface area contributed by atoms with E-state index in [4.69, 9.17) is 4.74 Å². The summed E-state index contributed by atoms with van der Waals surface area (Å²) in [7, 11) is 1.82. The van der Waals surface area contributed by atoms with Gasteiger partial charge in [0.2, 0.25) is 11.8 Å². The molecular formula is C16H21N3O3. The van der Waals surface area contributed by atoms with E-state index in [9.17, 15) is 9.59 Å². The highest BCUT2D eigenvalue weighted by atomic mass is 16.5. The molecule has 0 unspecified atom stereocenters. The third kappa shape index (κ3) is 2.59. The molecule has 0 radical (unpaired) electrons. The van der Waals surface area contributed by atoms with Crippen molar-refractivity contribution in [2.75, 3.05) is 26.8 Å². The molecular weight excluding hydrogens is 282 g/mol. The Morgan fingerprint density at radius 2 is 2.14 bits per heavy atom. The molecule has 2 fully saturated rings. The third-order valence-electron chi connectivity index (χ3n) is 4.66. The Bertz CT molecular complexity index is 571. The summed E-state index contributed by atoms with van der Waals surface area (Å²) in [6.07, 6.45) is 3.92.